The number of likely N-dealkylation sites (N-methyl/N-ethyl adjacent to an activating group) is 1. The number of carboxylic acid groups (broad SMARTS) is 1. The standard InChI is InChI=1S/C13H22N4O2/c1-4-12-14-9(2)10(15-12)7-17-6-5-16(3)11(8-17)13(18)19/h11H,4-8H2,1-3H3,(H,14,15)(H,18,19)/t11-/m0/s1. The van der Waals surface area contributed by atoms with E-state index in [-0.39, 0.29) is 0 Å². The molecule has 0 bridgehead atoms. The molecular formula is C13H22N4O2. The third-order valence-electron chi connectivity index (χ3n) is 3.76. The highest BCUT2D eigenvalue weighted by atomic mass is 16.4. The summed E-state index contributed by atoms with van der Waals surface area (Å²) in [6, 6.07) is -0.418. The molecule has 1 aliphatic rings. The van der Waals surface area contributed by atoms with Gasteiger partial charge in [0.25, 0.3) is 0 Å². The number of nitrogens with one attached hydrogen (secondary N) is 1. The van der Waals surface area contributed by atoms with Crippen LogP contribution in [0.1, 0.15) is 24.1 Å². The molecule has 0 spiro atoms. The van der Waals surface area contributed by atoms with Gasteiger partial charge < -0.3 is 10.1 Å². The molecule has 0 aromatic carbocycles. The minimum absolute atomic E-state index is 0.418. The molecule has 6 heteroatoms. The Morgan fingerprint density at radius 3 is 2.84 bits per heavy atom. The SMILES string of the molecule is CCc1nc(CN2CCN(C)[C@H](C(=O)O)C2)c(C)[nH]1. The second-order valence-corrected chi connectivity index (χ2v) is 5.18. The number of carboxylic acids is 1. The minimum Gasteiger partial charge on any atom is -0.480 e. The normalized spacial score (nSPS) is 21.7. The summed E-state index contributed by atoms with van der Waals surface area (Å²) in [6.45, 7) is 7.03. The van der Waals surface area contributed by atoms with Gasteiger partial charge in [0.15, 0.2) is 0 Å². The van der Waals surface area contributed by atoms with Gasteiger partial charge in [-0.3, -0.25) is 14.6 Å². The van der Waals surface area contributed by atoms with Crippen LogP contribution in [0.2, 0.25) is 0 Å². The molecule has 0 unspecified atom stereocenters. The maximum absolute atomic E-state index is 11.2. The van der Waals surface area contributed by atoms with Crippen molar-refractivity contribution < 1.29 is 9.90 Å². The van der Waals surface area contributed by atoms with Gasteiger partial charge in [0.1, 0.15) is 11.9 Å². The van der Waals surface area contributed by atoms with Crippen molar-refractivity contribution >= 4 is 5.97 Å². The summed E-state index contributed by atoms with van der Waals surface area (Å²) in [4.78, 5) is 23.1. The first-order valence-electron chi connectivity index (χ1n) is 6.71. The molecule has 1 aliphatic heterocycles. The molecule has 1 fully saturated rings. The lowest BCUT2D eigenvalue weighted by molar-refractivity contribution is -0.145. The van der Waals surface area contributed by atoms with E-state index in [0.717, 1.165) is 43.3 Å². The highest BCUT2D eigenvalue weighted by Crippen LogP contribution is 2.14. The van der Waals surface area contributed by atoms with E-state index in [0.29, 0.717) is 6.54 Å². The molecule has 6 nitrogen and oxygen atoms in total. The van der Waals surface area contributed by atoms with Crippen LogP contribution in [-0.2, 0) is 17.8 Å². The summed E-state index contributed by atoms with van der Waals surface area (Å²) in [5.74, 6) is 0.247. The maximum atomic E-state index is 11.2. The highest BCUT2D eigenvalue weighted by Gasteiger charge is 2.30. The van der Waals surface area contributed by atoms with Crippen LogP contribution in [0.3, 0.4) is 0 Å². The molecule has 19 heavy (non-hydrogen) atoms. The Hall–Kier alpha value is -1.40. The fraction of sp³-hybridized carbons (Fsp3) is 0.692. The summed E-state index contributed by atoms with van der Waals surface area (Å²) in [5, 5.41) is 9.20. The molecule has 2 rings (SSSR count). The van der Waals surface area contributed by atoms with Crippen LogP contribution < -0.4 is 0 Å². The lowest BCUT2D eigenvalue weighted by atomic mass is 10.1. The number of hydrogen-bond donors (Lipinski definition) is 2. The number of aliphatic carboxylic acids is 1. The molecule has 1 aromatic rings. The van der Waals surface area contributed by atoms with Crippen molar-refractivity contribution in [1.82, 2.24) is 19.8 Å². The van der Waals surface area contributed by atoms with E-state index in [4.69, 9.17) is 0 Å². The van der Waals surface area contributed by atoms with Crippen LogP contribution in [0.25, 0.3) is 0 Å². The molecular weight excluding hydrogens is 244 g/mol. The summed E-state index contributed by atoms with van der Waals surface area (Å²) in [6.07, 6.45) is 0.890. The van der Waals surface area contributed by atoms with Gasteiger partial charge in [0.2, 0.25) is 0 Å². The van der Waals surface area contributed by atoms with Crippen molar-refractivity contribution in [3.8, 4) is 0 Å². The van der Waals surface area contributed by atoms with E-state index < -0.39 is 12.0 Å². The first kappa shape index (κ1) is 14.0. The van der Waals surface area contributed by atoms with Gasteiger partial charge in [0, 0.05) is 38.3 Å². The minimum atomic E-state index is -0.750. The van der Waals surface area contributed by atoms with Crippen LogP contribution in [0.4, 0.5) is 0 Å². The number of aromatic nitrogens is 2. The predicted molar refractivity (Wildman–Crippen MR) is 72.0 cm³/mol. The van der Waals surface area contributed by atoms with Crippen LogP contribution in [0.5, 0.6) is 0 Å². The van der Waals surface area contributed by atoms with Gasteiger partial charge in [-0.05, 0) is 14.0 Å². The number of H-pyrrole nitrogens is 1. The monoisotopic (exact) mass is 266 g/mol. The third-order valence-corrected chi connectivity index (χ3v) is 3.76. The van der Waals surface area contributed by atoms with Gasteiger partial charge in [0.05, 0.1) is 5.69 Å². The Labute approximate surface area is 113 Å². The molecule has 2 heterocycles. The number of imidazole rings is 1. The highest BCUT2D eigenvalue weighted by molar-refractivity contribution is 5.73. The number of aryl methyl sites for hydroxylation is 2. The average molecular weight is 266 g/mol. The number of hydrogen-bond acceptors (Lipinski definition) is 4. The molecule has 1 atom stereocenters. The van der Waals surface area contributed by atoms with Gasteiger partial charge in [-0.25, -0.2) is 4.98 Å². The zero-order valence-corrected chi connectivity index (χ0v) is 11.8. The summed E-state index contributed by atoms with van der Waals surface area (Å²) in [7, 11) is 1.87. The zero-order chi connectivity index (χ0) is 14.0. The van der Waals surface area contributed by atoms with Crippen molar-refractivity contribution in [1.29, 1.82) is 0 Å². The topological polar surface area (TPSA) is 72.5 Å². The average Bonchev–Trinajstić information content (AvgIpc) is 2.72. The third kappa shape index (κ3) is 3.13. The molecule has 1 saturated heterocycles. The van der Waals surface area contributed by atoms with Crippen LogP contribution >= 0.6 is 0 Å². The van der Waals surface area contributed by atoms with Gasteiger partial charge >= 0.3 is 5.97 Å². The molecule has 106 valence electrons. The van der Waals surface area contributed by atoms with E-state index in [1.165, 1.54) is 0 Å². The van der Waals surface area contributed by atoms with Gasteiger partial charge in [-0.1, -0.05) is 6.92 Å². The lowest BCUT2D eigenvalue weighted by Crippen LogP contribution is -2.54. The van der Waals surface area contributed by atoms with Crippen molar-refractivity contribution in [3.05, 3.63) is 17.2 Å². The number of rotatable bonds is 4. The Morgan fingerprint density at radius 2 is 2.26 bits per heavy atom. The number of piperazine rings is 1. The molecule has 2 N–H and O–H groups in total. The van der Waals surface area contributed by atoms with Crippen LogP contribution in [-0.4, -0.2) is 63.6 Å². The number of carbonyl (C=O) groups is 1. The largest absolute Gasteiger partial charge is 0.480 e. The summed E-state index contributed by atoms with van der Waals surface area (Å²) < 4.78 is 0. The van der Waals surface area contributed by atoms with Gasteiger partial charge in [-0.2, -0.15) is 0 Å². The lowest BCUT2D eigenvalue weighted by Gasteiger charge is -2.36. The molecule has 0 aliphatic carbocycles. The second-order valence-electron chi connectivity index (χ2n) is 5.18. The first-order valence-corrected chi connectivity index (χ1v) is 6.71. The Morgan fingerprint density at radius 1 is 1.53 bits per heavy atom. The maximum Gasteiger partial charge on any atom is 0.322 e. The fourth-order valence-corrected chi connectivity index (χ4v) is 2.44. The Kier molecular flexibility index (Phi) is 4.21. The van der Waals surface area contributed by atoms with Crippen LogP contribution in [0, 0.1) is 6.92 Å². The molecule has 0 radical (unpaired) electrons. The quantitative estimate of drug-likeness (QED) is 0.829. The zero-order valence-electron chi connectivity index (χ0n) is 11.8. The van der Waals surface area contributed by atoms with E-state index >= 15 is 0 Å². The number of nitrogens with zero attached hydrogens (tertiary/aromatic N) is 3. The van der Waals surface area contributed by atoms with E-state index in [1.807, 2.05) is 18.9 Å². The predicted octanol–water partition coefficient (Wildman–Crippen LogP) is 0.481. The van der Waals surface area contributed by atoms with Crippen molar-refractivity contribution in [2.24, 2.45) is 0 Å². The van der Waals surface area contributed by atoms with Gasteiger partial charge in [-0.15, -0.1) is 0 Å². The molecule has 0 saturated carbocycles. The second kappa shape index (κ2) is 5.71. The Bertz CT molecular complexity index is 457. The first-order chi connectivity index (χ1) is 9.01. The smallest absolute Gasteiger partial charge is 0.322 e. The van der Waals surface area contributed by atoms with E-state index in [1.54, 1.807) is 0 Å². The van der Waals surface area contributed by atoms with E-state index in [9.17, 15) is 9.90 Å². The summed E-state index contributed by atoms with van der Waals surface area (Å²) in [5.41, 5.74) is 2.12. The van der Waals surface area contributed by atoms with E-state index in [2.05, 4.69) is 21.8 Å². The summed E-state index contributed by atoms with van der Waals surface area (Å²) >= 11 is 0. The Balaban J connectivity index is 2.03. The molecule has 0 amide bonds. The van der Waals surface area contributed by atoms with Crippen molar-refractivity contribution in [3.63, 3.8) is 0 Å². The van der Waals surface area contributed by atoms with Crippen molar-refractivity contribution in [2.75, 3.05) is 26.7 Å². The van der Waals surface area contributed by atoms with Crippen molar-refractivity contribution in [2.45, 2.75) is 32.9 Å². The fourth-order valence-electron chi connectivity index (χ4n) is 2.44. The van der Waals surface area contributed by atoms with Crippen LogP contribution in [0.15, 0.2) is 0 Å². The molecule has 1 aromatic heterocycles. The number of aromatic amines is 1.